The molecule has 4 aromatic rings. The van der Waals surface area contributed by atoms with E-state index in [0.29, 0.717) is 0 Å². The number of rotatable bonds is 4. The summed E-state index contributed by atoms with van der Waals surface area (Å²) in [6.07, 6.45) is 9.57. The molecule has 0 saturated carbocycles. The molecule has 0 radical (unpaired) electrons. The first-order chi connectivity index (χ1) is 12.2. The second-order valence-electron chi connectivity index (χ2n) is 6.18. The van der Waals surface area contributed by atoms with Gasteiger partial charge in [-0.05, 0) is 37.1 Å². The van der Waals surface area contributed by atoms with Gasteiger partial charge in [-0.15, -0.1) is 0 Å². The van der Waals surface area contributed by atoms with Gasteiger partial charge in [0.25, 0.3) is 0 Å². The number of hydrogen-bond donors (Lipinski definition) is 0. The van der Waals surface area contributed by atoms with E-state index in [1.807, 2.05) is 84.4 Å². The normalized spacial score (nSPS) is 11.6. The Bertz CT molecular complexity index is 888. The molecule has 0 aliphatic rings. The van der Waals surface area contributed by atoms with Gasteiger partial charge in [0.05, 0.1) is 18.1 Å². The van der Waals surface area contributed by atoms with Crippen LogP contribution in [0.5, 0.6) is 0 Å². The molecule has 1 aromatic carbocycles. The summed E-state index contributed by atoms with van der Waals surface area (Å²) in [7, 11) is 0. The van der Waals surface area contributed by atoms with Gasteiger partial charge in [0, 0.05) is 24.2 Å². The smallest absolute Gasteiger partial charge is 0.221 e. The van der Waals surface area contributed by atoms with Crippen LogP contribution < -0.4 is 0 Å². The molecular weight excluding hydrogens is 310 g/mol. The predicted molar refractivity (Wildman–Crippen MR) is 96.2 cm³/mol. The number of pyridine rings is 1. The van der Waals surface area contributed by atoms with Crippen molar-refractivity contribution in [3.63, 3.8) is 0 Å². The van der Waals surface area contributed by atoms with Crippen molar-refractivity contribution in [2.24, 2.45) is 0 Å². The summed E-state index contributed by atoms with van der Waals surface area (Å²) in [5.41, 5.74) is 3.28. The number of aryl methyl sites for hydroxylation is 2. The van der Waals surface area contributed by atoms with Crippen LogP contribution in [-0.4, -0.2) is 24.5 Å². The van der Waals surface area contributed by atoms with Crippen molar-refractivity contribution in [2.45, 2.75) is 19.5 Å². The summed E-state index contributed by atoms with van der Waals surface area (Å²) in [6.45, 7) is 4.07. The van der Waals surface area contributed by atoms with Crippen LogP contribution in [0, 0.1) is 13.8 Å². The van der Waals surface area contributed by atoms with Gasteiger partial charge < -0.3 is 0 Å². The first-order valence-corrected chi connectivity index (χ1v) is 8.22. The van der Waals surface area contributed by atoms with Crippen LogP contribution in [0.2, 0.25) is 0 Å². The zero-order chi connectivity index (χ0) is 17.3. The highest BCUT2D eigenvalue weighted by molar-refractivity contribution is 5.36. The van der Waals surface area contributed by atoms with Crippen molar-refractivity contribution < 1.29 is 0 Å². The zero-order valence-electron chi connectivity index (χ0n) is 14.2. The van der Waals surface area contributed by atoms with E-state index in [0.717, 1.165) is 22.4 Å². The second kappa shape index (κ2) is 6.02. The molecule has 0 spiro atoms. The van der Waals surface area contributed by atoms with E-state index in [9.17, 15) is 0 Å². The maximum Gasteiger partial charge on any atom is 0.221 e. The molecule has 5 heteroatoms. The van der Waals surface area contributed by atoms with Gasteiger partial charge in [0.2, 0.25) is 5.66 Å². The van der Waals surface area contributed by atoms with Gasteiger partial charge in [0.15, 0.2) is 0 Å². The Kier molecular flexibility index (Phi) is 3.69. The molecule has 0 bridgehead atoms. The molecule has 0 amide bonds. The van der Waals surface area contributed by atoms with E-state index < -0.39 is 5.66 Å². The lowest BCUT2D eigenvalue weighted by molar-refractivity contribution is 0.288. The van der Waals surface area contributed by atoms with Crippen molar-refractivity contribution in [1.82, 2.24) is 24.5 Å². The van der Waals surface area contributed by atoms with Gasteiger partial charge in [-0.2, -0.15) is 10.2 Å². The fourth-order valence-corrected chi connectivity index (χ4v) is 3.17. The minimum atomic E-state index is -0.787. The van der Waals surface area contributed by atoms with E-state index in [1.165, 1.54) is 0 Å². The third-order valence-corrected chi connectivity index (χ3v) is 4.28. The summed E-state index contributed by atoms with van der Waals surface area (Å²) in [5, 5.41) is 9.29. The maximum atomic E-state index is 4.68. The van der Waals surface area contributed by atoms with E-state index in [-0.39, 0.29) is 0 Å². The molecule has 0 unspecified atom stereocenters. The molecule has 0 atom stereocenters. The first-order valence-electron chi connectivity index (χ1n) is 8.22. The predicted octanol–water partition coefficient (Wildman–Crippen LogP) is 3.39. The largest absolute Gasteiger partial charge is 0.256 e. The average Bonchev–Trinajstić information content (AvgIpc) is 3.27. The monoisotopic (exact) mass is 329 g/mol. The van der Waals surface area contributed by atoms with Crippen LogP contribution >= 0.6 is 0 Å². The maximum absolute atomic E-state index is 4.68. The van der Waals surface area contributed by atoms with Crippen LogP contribution in [0.3, 0.4) is 0 Å². The standard InChI is InChI=1S/C20H19N5/c1-16-12-22-24(14-16)20(18-8-4-3-5-9-18,19-10-6-7-11-21-19)25-15-17(2)13-23-25/h3-15H,1-2H3. The van der Waals surface area contributed by atoms with Gasteiger partial charge in [0.1, 0.15) is 0 Å². The molecule has 3 heterocycles. The molecule has 5 nitrogen and oxygen atoms in total. The Balaban J connectivity index is 2.12. The van der Waals surface area contributed by atoms with E-state index in [4.69, 9.17) is 0 Å². The lowest BCUT2D eigenvalue weighted by Crippen LogP contribution is -2.45. The molecule has 0 fully saturated rings. The third kappa shape index (κ3) is 2.45. The van der Waals surface area contributed by atoms with Crippen LogP contribution in [-0.2, 0) is 5.66 Å². The zero-order valence-corrected chi connectivity index (χ0v) is 14.2. The number of aromatic nitrogens is 5. The fourth-order valence-electron chi connectivity index (χ4n) is 3.17. The highest BCUT2D eigenvalue weighted by atomic mass is 15.5. The number of benzene rings is 1. The van der Waals surface area contributed by atoms with Crippen LogP contribution in [0.1, 0.15) is 22.4 Å². The van der Waals surface area contributed by atoms with Gasteiger partial charge >= 0.3 is 0 Å². The molecule has 25 heavy (non-hydrogen) atoms. The lowest BCUT2D eigenvalue weighted by atomic mass is 9.95. The SMILES string of the molecule is Cc1cnn(C(c2ccccc2)(c2ccccn2)n2cc(C)cn2)c1. The van der Waals surface area contributed by atoms with E-state index in [2.05, 4.69) is 27.3 Å². The van der Waals surface area contributed by atoms with Crippen molar-refractivity contribution in [1.29, 1.82) is 0 Å². The Morgan fingerprint density at radius 1 is 0.760 bits per heavy atom. The number of hydrogen-bond acceptors (Lipinski definition) is 3. The average molecular weight is 329 g/mol. The summed E-state index contributed by atoms with van der Waals surface area (Å²) >= 11 is 0. The third-order valence-electron chi connectivity index (χ3n) is 4.28. The molecule has 4 rings (SSSR count). The molecule has 0 saturated heterocycles. The Hall–Kier alpha value is -3.21. The van der Waals surface area contributed by atoms with Gasteiger partial charge in [-0.3, -0.25) is 4.98 Å². The van der Waals surface area contributed by atoms with Gasteiger partial charge in [-0.25, -0.2) is 9.36 Å². The minimum Gasteiger partial charge on any atom is -0.256 e. The Labute approximate surface area is 146 Å². The molecule has 124 valence electrons. The quantitative estimate of drug-likeness (QED) is 0.576. The summed E-state index contributed by atoms with van der Waals surface area (Å²) in [4.78, 5) is 4.68. The van der Waals surface area contributed by atoms with Crippen molar-refractivity contribution in [3.8, 4) is 0 Å². The van der Waals surface area contributed by atoms with Crippen molar-refractivity contribution in [3.05, 3.63) is 102 Å². The minimum absolute atomic E-state index is 0.787. The van der Waals surface area contributed by atoms with Crippen molar-refractivity contribution >= 4 is 0 Å². The molecule has 0 N–H and O–H groups in total. The Morgan fingerprint density at radius 3 is 1.84 bits per heavy atom. The fraction of sp³-hybridized carbons (Fsp3) is 0.150. The molecule has 3 aromatic heterocycles. The molecule has 0 aliphatic carbocycles. The van der Waals surface area contributed by atoms with E-state index in [1.54, 1.807) is 6.20 Å². The highest BCUT2D eigenvalue weighted by Crippen LogP contribution is 2.34. The van der Waals surface area contributed by atoms with Crippen LogP contribution in [0.25, 0.3) is 0 Å². The first kappa shape index (κ1) is 15.3. The summed E-state index contributed by atoms with van der Waals surface area (Å²) in [6, 6.07) is 16.2. The summed E-state index contributed by atoms with van der Waals surface area (Å²) in [5.74, 6) is 0. The lowest BCUT2D eigenvalue weighted by Gasteiger charge is -2.34. The highest BCUT2D eigenvalue weighted by Gasteiger charge is 2.41. The topological polar surface area (TPSA) is 48.5 Å². The number of nitrogens with zero attached hydrogens (tertiary/aromatic N) is 5. The molecule has 0 aliphatic heterocycles. The summed E-state index contributed by atoms with van der Waals surface area (Å²) < 4.78 is 3.87. The van der Waals surface area contributed by atoms with E-state index >= 15 is 0 Å². The van der Waals surface area contributed by atoms with Crippen LogP contribution in [0.15, 0.2) is 79.5 Å². The van der Waals surface area contributed by atoms with Crippen LogP contribution in [0.4, 0.5) is 0 Å². The van der Waals surface area contributed by atoms with Crippen molar-refractivity contribution in [2.75, 3.05) is 0 Å². The van der Waals surface area contributed by atoms with Gasteiger partial charge in [-0.1, -0.05) is 36.4 Å². The second-order valence-corrected chi connectivity index (χ2v) is 6.18. The Morgan fingerprint density at radius 2 is 1.36 bits per heavy atom. The molecular formula is C20H19N5.